The van der Waals surface area contributed by atoms with Crippen LogP contribution >= 0.6 is 0 Å². The Labute approximate surface area is 446 Å². The summed E-state index contributed by atoms with van der Waals surface area (Å²) in [6.45, 7) is 13.2. The van der Waals surface area contributed by atoms with Gasteiger partial charge in [0.2, 0.25) is 8.32 Å². The van der Waals surface area contributed by atoms with Crippen LogP contribution < -0.4 is 36.3 Å². The Morgan fingerprint density at radius 1 is 0.333 bits per heavy atom. The first-order chi connectivity index (χ1) is 30.9. The van der Waals surface area contributed by atoms with Crippen molar-refractivity contribution in [3.8, 4) is 0 Å². The Morgan fingerprint density at radius 2 is 0.694 bits per heavy atom. The molecule has 1 aromatic heterocycles. The lowest BCUT2D eigenvalue weighted by Gasteiger charge is -2.27. The molecule has 0 radical (unpaired) electrons. The number of aromatic nitrogens is 1. The van der Waals surface area contributed by atoms with E-state index in [2.05, 4.69) is 221 Å². The van der Waals surface area contributed by atoms with Crippen LogP contribution in [0.3, 0.4) is 0 Å². The molecular formula is C63H97NO4Si4. The molecule has 8 aromatic rings. The van der Waals surface area contributed by atoms with E-state index in [0.29, 0.717) is 0 Å². The van der Waals surface area contributed by atoms with Crippen LogP contribution in [-0.2, 0) is 17.7 Å². The normalized spacial score (nSPS) is 12.2. The lowest BCUT2D eigenvalue weighted by atomic mass is 10.1. The number of fused-ring (bicyclic) bond motifs is 1. The van der Waals surface area contributed by atoms with Crippen molar-refractivity contribution in [1.29, 1.82) is 0 Å². The van der Waals surface area contributed by atoms with E-state index in [1.54, 1.807) is 20.4 Å². The topological polar surface area (TPSA) is 49.8 Å². The first-order valence-corrected chi connectivity index (χ1v) is 31.9. The van der Waals surface area contributed by atoms with Gasteiger partial charge in [-0.05, 0) is 92.8 Å². The van der Waals surface area contributed by atoms with Gasteiger partial charge in [0.1, 0.15) is 0 Å². The van der Waals surface area contributed by atoms with Gasteiger partial charge in [-0.15, -0.1) is 0 Å². The molecule has 0 spiro atoms. The Balaban J connectivity index is -0.000000420. The molecule has 0 saturated heterocycles. The summed E-state index contributed by atoms with van der Waals surface area (Å²) in [4.78, 5) is 4.18. The molecule has 8 rings (SSSR count). The van der Waals surface area contributed by atoms with Gasteiger partial charge in [0.05, 0.1) is 0 Å². The Hall–Kier alpha value is -5.34. The molecule has 3 atom stereocenters. The van der Waals surface area contributed by atoms with E-state index in [4.69, 9.17) is 17.7 Å². The highest BCUT2D eigenvalue weighted by molar-refractivity contribution is 6.98. The number of benzene rings is 7. The van der Waals surface area contributed by atoms with Crippen LogP contribution in [0.15, 0.2) is 213 Å². The summed E-state index contributed by atoms with van der Waals surface area (Å²) < 4.78 is 23.2. The number of hydrogen-bond donors (Lipinski definition) is 0. The summed E-state index contributed by atoms with van der Waals surface area (Å²) in [6, 6.07) is 69.7. The van der Waals surface area contributed by atoms with Gasteiger partial charge in [0, 0.05) is 40.8 Å². The van der Waals surface area contributed by atoms with Crippen LogP contribution in [0.25, 0.3) is 10.8 Å². The number of rotatable bonds is 11. The third-order valence-corrected chi connectivity index (χ3v) is 26.0. The van der Waals surface area contributed by atoms with E-state index >= 15 is 0 Å². The molecule has 5 nitrogen and oxygen atoms in total. The minimum Gasteiger partial charge on any atom is -0.416 e. The molecule has 0 bridgehead atoms. The zero-order chi connectivity index (χ0) is 46.1. The SMILES string of the molecule is C.C.C.C.C.C.C.C.CO[Si](C)(C)c1ccccc1.CO[Si](C)(c1ccccc1)c1cccc(C)c1.CO[Si](C)(c1ccccc1)c1cccc2ccccc12.CO[Si](C)(c1ccccc1)c1cccnc1. The van der Waals surface area contributed by atoms with Crippen LogP contribution in [0.2, 0.25) is 32.7 Å². The molecule has 0 saturated carbocycles. The van der Waals surface area contributed by atoms with Crippen LogP contribution in [-0.4, -0.2) is 66.7 Å². The highest BCUT2D eigenvalue weighted by atomic mass is 28.4. The quantitative estimate of drug-likeness (QED) is 0.121. The van der Waals surface area contributed by atoms with E-state index in [0.717, 1.165) is 0 Å². The number of aryl methyl sites for hydroxylation is 1. The van der Waals surface area contributed by atoms with Crippen LogP contribution in [0.4, 0.5) is 0 Å². The summed E-state index contributed by atoms with van der Waals surface area (Å²) in [5, 5.41) is 11.7. The standard InChI is InChI=1S/C18H18OSi.C15H18OSi.C13H15NOSi.C9H14OSi.8CH4/c1-19-20(2,16-11-4-3-5-12-16)18-14-8-10-15-9-6-7-13-17(15)18;1-13-8-7-11-15(12-13)17(3,16-2)14-9-5-4-6-10-14;1-15-16(2,12-7-4-3-5-8-12)13-9-6-10-14-11-13;1-10-11(2,3)9-7-5-4-6-8-9;;;;;;;;/h3-14H,1-2H3;4-12H,1-3H3;3-11H,1-2H3;4-8H,1-3H3;8*1H4. The molecule has 0 aliphatic rings. The lowest BCUT2D eigenvalue weighted by Crippen LogP contribution is -2.57. The summed E-state index contributed by atoms with van der Waals surface area (Å²) >= 11 is 0. The molecule has 7 aromatic carbocycles. The molecule has 3 unspecified atom stereocenters. The van der Waals surface area contributed by atoms with E-state index in [-0.39, 0.29) is 59.4 Å². The van der Waals surface area contributed by atoms with E-state index in [1.165, 1.54) is 52.6 Å². The van der Waals surface area contributed by atoms with E-state index < -0.39 is 33.3 Å². The van der Waals surface area contributed by atoms with Crippen LogP contribution in [0.5, 0.6) is 0 Å². The molecule has 0 amide bonds. The molecular weight excluding hydrogens is 947 g/mol. The second kappa shape index (κ2) is 34.9. The second-order valence-corrected chi connectivity index (χ2v) is 31.4. The second-order valence-electron chi connectivity index (χ2n) is 16.5. The van der Waals surface area contributed by atoms with Crippen molar-refractivity contribution in [3.63, 3.8) is 0 Å². The van der Waals surface area contributed by atoms with Crippen molar-refractivity contribution in [2.45, 2.75) is 99.1 Å². The van der Waals surface area contributed by atoms with Gasteiger partial charge < -0.3 is 17.7 Å². The average Bonchev–Trinajstić information content (AvgIpc) is 3.37. The van der Waals surface area contributed by atoms with Crippen molar-refractivity contribution in [2.24, 2.45) is 0 Å². The van der Waals surface area contributed by atoms with Gasteiger partial charge in [0.25, 0.3) is 25.0 Å². The molecule has 0 aliphatic carbocycles. The Morgan fingerprint density at radius 3 is 1.11 bits per heavy atom. The predicted octanol–water partition coefficient (Wildman–Crippen LogP) is 13.8. The monoisotopic (exact) mass is 1040 g/mol. The van der Waals surface area contributed by atoms with Gasteiger partial charge in [0.15, 0.2) is 0 Å². The van der Waals surface area contributed by atoms with E-state index in [1.807, 2.05) is 44.7 Å². The van der Waals surface area contributed by atoms with E-state index in [9.17, 15) is 0 Å². The van der Waals surface area contributed by atoms with Crippen LogP contribution in [0.1, 0.15) is 65.0 Å². The third-order valence-electron chi connectivity index (χ3n) is 12.3. The molecule has 72 heavy (non-hydrogen) atoms. The van der Waals surface area contributed by atoms with Crippen molar-refractivity contribution in [3.05, 3.63) is 218 Å². The highest BCUT2D eigenvalue weighted by Gasteiger charge is 2.35. The van der Waals surface area contributed by atoms with Crippen molar-refractivity contribution < 1.29 is 17.7 Å². The van der Waals surface area contributed by atoms with Gasteiger partial charge in [-0.3, -0.25) is 4.98 Å². The highest BCUT2D eigenvalue weighted by Crippen LogP contribution is 2.17. The molecule has 0 N–H and O–H groups in total. The molecule has 0 fully saturated rings. The fourth-order valence-corrected chi connectivity index (χ4v) is 16.5. The summed E-state index contributed by atoms with van der Waals surface area (Å²) in [5.41, 5.74) is 1.29. The number of nitrogens with zero attached hydrogens (tertiary/aromatic N) is 1. The minimum atomic E-state index is -2.14. The lowest BCUT2D eigenvalue weighted by molar-refractivity contribution is 0.416. The van der Waals surface area contributed by atoms with Crippen molar-refractivity contribution >= 4 is 80.3 Å². The summed E-state index contributed by atoms with van der Waals surface area (Å²) in [5.74, 6) is 0. The fourth-order valence-electron chi connectivity index (χ4n) is 7.64. The smallest absolute Gasteiger partial charge is 0.253 e. The maximum atomic E-state index is 6.06. The number of hydrogen-bond acceptors (Lipinski definition) is 5. The average molecular weight is 1040 g/mol. The van der Waals surface area contributed by atoms with Gasteiger partial charge in [-0.1, -0.05) is 259 Å². The fraction of sp³-hybridized carbons (Fsp3) is 0.286. The predicted molar refractivity (Wildman–Crippen MR) is 337 cm³/mol. The van der Waals surface area contributed by atoms with Gasteiger partial charge in [-0.25, -0.2) is 0 Å². The van der Waals surface area contributed by atoms with Gasteiger partial charge >= 0.3 is 0 Å². The first-order valence-electron chi connectivity index (χ1n) is 21.7. The molecule has 1 heterocycles. The maximum absolute atomic E-state index is 6.06. The van der Waals surface area contributed by atoms with Crippen molar-refractivity contribution in [2.75, 3.05) is 28.4 Å². The zero-order valence-corrected chi connectivity index (χ0v) is 43.3. The summed E-state index contributed by atoms with van der Waals surface area (Å²) in [7, 11) is -0.508. The van der Waals surface area contributed by atoms with Crippen molar-refractivity contribution in [1.82, 2.24) is 4.98 Å². The maximum Gasteiger partial charge on any atom is 0.253 e. The summed E-state index contributed by atoms with van der Waals surface area (Å²) in [6.07, 6.45) is 3.70. The first kappa shape index (κ1) is 73.2. The minimum absolute atomic E-state index is 0. The Kier molecular flexibility index (Phi) is 35.5. The number of pyridine rings is 1. The Bertz CT molecular complexity index is 2540. The largest absolute Gasteiger partial charge is 0.416 e. The zero-order valence-electron chi connectivity index (χ0n) is 39.3. The van der Waals surface area contributed by atoms with Gasteiger partial charge in [-0.2, -0.15) is 0 Å². The molecule has 394 valence electrons. The molecule has 9 heteroatoms. The molecule has 0 aliphatic heterocycles. The third kappa shape index (κ3) is 18.3. The van der Waals surface area contributed by atoms with Crippen LogP contribution in [0, 0.1) is 6.92 Å².